The van der Waals surface area contributed by atoms with Gasteiger partial charge in [-0.25, -0.2) is 22.9 Å². The zero-order valence-electron chi connectivity index (χ0n) is 22.1. The van der Waals surface area contributed by atoms with Gasteiger partial charge in [0.25, 0.3) is 5.92 Å². The van der Waals surface area contributed by atoms with Gasteiger partial charge < -0.3 is 4.90 Å². The second kappa shape index (κ2) is 7.75. The molecule has 4 heterocycles. The number of aryl methyl sites for hydroxylation is 3. The summed E-state index contributed by atoms with van der Waals surface area (Å²) in [5.74, 6) is -2.54. The van der Waals surface area contributed by atoms with Gasteiger partial charge in [-0.1, -0.05) is 20.8 Å². The second-order valence-electron chi connectivity index (χ2n) is 11.2. The number of nitrogens with zero attached hydrogens (tertiary/aromatic N) is 7. The molecule has 0 aliphatic carbocycles. The number of anilines is 1. The minimum absolute atomic E-state index is 0.260. The number of hydrogen-bond acceptors (Lipinski definition) is 4. The first kappa shape index (κ1) is 24.3. The summed E-state index contributed by atoms with van der Waals surface area (Å²) in [6.07, 6.45) is 3.34. The Morgan fingerprint density at radius 1 is 0.974 bits per heavy atom. The SMILES string of the molecule is Cn1cc(-c2cc3nc(C(C)(C)C)n(-c4cc(N5CC(F)(F)C5)c5c(c4)n(C)c(=O)n5C)c3cc2F)cn1. The van der Waals surface area contributed by atoms with Crippen LogP contribution in [0.2, 0.25) is 0 Å². The van der Waals surface area contributed by atoms with Crippen LogP contribution in [0, 0.1) is 5.82 Å². The molecule has 11 heteroatoms. The van der Waals surface area contributed by atoms with Crippen LogP contribution in [-0.2, 0) is 26.6 Å². The Balaban J connectivity index is 1.65. The molecule has 3 aromatic heterocycles. The van der Waals surface area contributed by atoms with Crippen molar-refractivity contribution in [1.29, 1.82) is 0 Å². The fraction of sp³-hybridized carbons (Fsp3) is 0.370. The molecule has 1 aliphatic heterocycles. The van der Waals surface area contributed by atoms with Gasteiger partial charge in [-0.2, -0.15) is 5.10 Å². The van der Waals surface area contributed by atoms with E-state index in [1.165, 1.54) is 15.2 Å². The van der Waals surface area contributed by atoms with Crippen LogP contribution in [-0.4, -0.2) is 47.5 Å². The van der Waals surface area contributed by atoms with Crippen LogP contribution in [0.4, 0.5) is 18.9 Å². The maximum absolute atomic E-state index is 15.5. The average Bonchev–Trinajstić information content (AvgIpc) is 3.47. The van der Waals surface area contributed by atoms with Crippen LogP contribution in [0.3, 0.4) is 0 Å². The third-order valence-electron chi connectivity index (χ3n) is 7.20. The lowest BCUT2D eigenvalue weighted by Crippen LogP contribution is -2.56. The summed E-state index contributed by atoms with van der Waals surface area (Å²) >= 11 is 0. The average molecular weight is 524 g/mol. The highest BCUT2D eigenvalue weighted by Crippen LogP contribution is 2.40. The molecule has 0 radical (unpaired) electrons. The fourth-order valence-electron chi connectivity index (χ4n) is 5.31. The van der Waals surface area contributed by atoms with Gasteiger partial charge >= 0.3 is 5.69 Å². The molecule has 38 heavy (non-hydrogen) atoms. The summed E-state index contributed by atoms with van der Waals surface area (Å²) in [7, 11) is 5.05. The Bertz CT molecular complexity index is 1810. The van der Waals surface area contributed by atoms with Crippen LogP contribution < -0.4 is 10.6 Å². The lowest BCUT2D eigenvalue weighted by Gasteiger charge is -2.41. The van der Waals surface area contributed by atoms with Crippen molar-refractivity contribution in [3.63, 3.8) is 0 Å². The van der Waals surface area contributed by atoms with E-state index < -0.39 is 30.2 Å². The third kappa shape index (κ3) is 3.55. The van der Waals surface area contributed by atoms with Gasteiger partial charge in [-0.15, -0.1) is 0 Å². The lowest BCUT2D eigenvalue weighted by molar-refractivity contribution is -0.0261. The van der Waals surface area contributed by atoms with Crippen LogP contribution >= 0.6 is 0 Å². The lowest BCUT2D eigenvalue weighted by atomic mass is 9.95. The van der Waals surface area contributed by atoms with Crippen molar-refractivity contribution in [2.45, 2.75) is 32.1 Å². The molecule has 1 fully saturated rings. The summed E-state index contributed by atoms with van der Waals surface area (Å²) in [6.45, 7) is 5.16. The molecular formula is C27H28F3N7O. The van der Waals surface area contributed by atoms with Crippen molar-refractivity contribution < 1.29 is 13.2 Å². The second-order valence-corrected chi connectivity index (χ2v) is 11.2. The zero-order valence-corrected chi connectivity index (χ0v) is 22.1. The monoisotopic (exact) mass is 523 g/mol. The summed E-state index contributed by atoms with van der Waals surface area (Å²) in [6, 6.07) is 6.79. The molecule has 198 valence electrons. The molecule has 2 aromatic carbocycles. The maximum atomic E-state index is 15.5. The molecular weight excluding hydrogens is 495 g/mol. The van der Waals surface area contributed by atoms with Crippen molar-refractivity contribution in [1.82, 2.24) is 28.5 Å². The van der Waals surface area contributed by atoms with E-state index in [0.29, 0.717) is 50.4 Å². The quantitative estimate of drug-likeness (QED) is 0.349. The van der Waals surface area contributed by atoms with Crippen molar-refractivity contribution in [2.75, 3.05) is 18.0 Å². The Labute approximate surface area is 216 Å². The standard InChI is InChI=1S/C27H28F3N7O/c1-26(2,3)24-32-19-9-17(15-11-31-33(4)12-15)18(28)10-20(19)37(24)16-7-21-23(35(6)25(38)34(21)5)22(8-16)36-13-27(29,30)14-36/h7-12H,13-14H2,1-6H3. The first-order valence-corrected chi connectivity index (χ1v) is 12.3. The molecule has 1 aliphatic rings. The van der Waals surface area contributed by atoms with Crippen molar-refractivity contribution >= 4 is 27.8 Å². The predicted molar refractivity (Wildman–Crippen MR) is 141 cm³/mol. The number of imidazole rings is 2. The number of alkyl halides is 2. The third-order valence-corrected chi connectivity index (χ3v) is 7.20. The molecule has 6 rings (SSSR count). The number of rotatable bonds is 3. The maximum Gasteiger partial charge on any atom is 0.328 e. The van der Waals surface area contributed by atoms with E-state index in [-0.39, 0.29) is 5.69 Å². The number of halogens is 3. The first-order chi connectivity index (χ1) is 17.7. The molecule has 1 saturated heterocycles. The summed E-state index contributed by atoms with van der Waals surface area (Å²) in [5.41, 5.74) is 3.77. The predicted octanol–water partition coefficient (Wildman–Crippen LogP) is 4.51. The highest BCUT2D eigenvalue weighted by molar-refractivity contribution is 5.94. The highest BCUT2D eigenvalue weighted by Gasteiger charge is 2.45. The van der Waals surface area contributed by atoms with Gasteiger partial charge in [0, 0.05) is 49.9 Å². The molecule has 0 spiro atoms. The number of fused-ring (bicyclic) bond motifs is 2. The van der Waals surface area contributed by atoms with E-state index in [1.54, 1.807) is 55.3 Å². The smallest absolute Gasteiger partial charge is 0.328 e. The Morgan fingerprint density at radius 2 is 1.68 bits per heavy atom. The normalized spacial score (nSPS) is 15.6. The van der Waals surface area contributed by atoms with Gasteiger partial charge in [0.15, 0.2) is 0 Å². The Morgan fingerprint density at radius 3 is 2.29 bits per heavy atom. The molecule has 0 saturated carbocycles. The van der Waals surface area contributed by atoms with Gasteiger partial charge in [-0.05, 0) is 18.2 Å². The molecule has 8 nitrogen and oxygen atoms in total. The molecule has 0 unspecified atom stereocenters. The van der Waals surface area contributed by atoms with E-state index in [4.69, 9.17) is 4.98 Å². The van der Waals surface area contributed by atoms with Gasteiger partial charge in [0.1, 0.15) is 11.6 Å². The van der Waals surface area contributed by atoms with Crippen LogP contribution in [0.1, 0.15) is 26.6 Å². The highest BCUT2D eigenvalue weighted by atomic mass is 19.3. The Hall–Kier alpha value is -4.02. The molecule has 0 N–H and O–H groups in total. The largest absolute Gasteiger partial charge is 0.357 e. The van der Waals surface area contributed by atoms with Crippen LogP contribution in [0.15, 0.2) is 41.5 Å². The summed E-state index contributed by atoms with van der Waals surface area (Å²) in [5, 5.41) is 4.16. The van der Waals surface area contributed by atoms with Crippen molar-refractivity contribution in [3.05, 3.63) is 58.8 Å². The van der Waals surface area contributed by atoms with Crippen molar-refractivity contribution in [3.8, 4) is 16.8 Å². The van der Waals surface area contributed by atoms with E-state index in [1.807, 2.05) is 31.4 Å². The van der Waals surface area contributed by atoms with E-state index in [0.717, 1.165) is 0 Å². The molecule has 0 amide bonds. The van der Waals surface area contributed by atoms with E-state index >= 15 is 4.39 Å². The van der Waals surface area contributed by atoms with E-state index in [9.17, 15) is 13.6 Å². The fourth-order valence-corrected chi connectivity index (χ4v) is 5.31. The van der Waals surface area contributed by atoms with Gasteiger partial charge in [0.05, 0.1) is 52.7 Å². The van der Waals surface area contributed by atoms with Crippen LogP contribution in [0.5, 0.6) is 0 Å². The minimum atomic E-state index is -2.79. The van der Waals surface area contributed by atoms with Gasteiger partial charge in [-0.3, -0.25) is 18.4 Å². The Kier molecular flexibility index (Phi) is 4.96. The van der Waals surface area contributed by atoms with Gasteiger partial charge in [0.2, 0.25) is 0 Å². The number of aromatic nitrogens is 6. The first-order valence-electron chi connectivity index (χ1n) is 12.3. The van der Waals surface area contributed by atoms with Crippen LogP contribution in [0.25, 0.3) is 38.9 Å². The zero-order chi connectivity index (χ0) is 27.3. The summed E-state index contributed by atoms with van der Waals surface area (Å²) in [4.78, 5) is 19.3. The van der Waals surface area contributed by atoms with Crippen molar-refractivity contribution in [2.24, 2.45) is 21.1 Å². The number of hydrogen-bond donors (Lipinski definition) is 0. The number of benzene rings is 2. The van der Waals surface area contributed by atoms with E-state index in [2.05, 4.69) is 5.10 Å². The topological polar surface area (TPSA) is 65.8 Å². The summed E-state index contributed by atoms with van der Waals surface area (Å²) < 4.78 is 49.8. The minimum Gasteiger partial charge on any atom is -0.357 e. The molecule has 5 aromatic rings. The molecule has 0 bridgehead atoms. The molecule has 0 atom stereocenters.